The standard InChI is InChI=1S/C30H30ClNO2/c31-28-4-2-1-3-24(28)19-34-27-11-5-23(6-12-27)29(33)32-26-9-7-25(8-10-26)30-16-20-13-21(17-30)15-22(14-20)18-30/h1-12,20-22H,13-19H2,(H,32,33). The Hall–Kier alpha value is -2.78. The van der Waals surface area contributed by atoms with E-state index in [2.05, 4.69) is 29.6 Å². The Morgan fingerprint density at radius 3 is 2.09 bits per heavy atom. The molecular formula is C30H30ClNO2. The molecule has 0 heterocycles. The van der Waals surface area contributed by atoms with Gasteiger partial charge in [0.15, 0.2) is 0 Å². The highest BCUT2D eigenvalue weighted by molar-refractivity contribution is 6.31. The third-order valence-electron chi connectivity index (χ3n) is 8.26. The molecule has 0 aromatic heterocycles. The van der Waals surface area contributed by atoms with E-state index in [4.69, 9.17) is 16.3 Å². The first kappa shape index (κ1) is 21.7. The van der Waals surface area contributed by atoms with Crippen molar-refractivity contribution in [2.45, 2.75) is 50.5 Å². The van der Waals surface area contributed by atoms with Crippen molar-refractivity contribution in [3.8, 4) is 5.75 Å². The molecule has 0 saturated heterocycles. The van der Waals surface area contributed by atoms with E-state index in [9.17, 15) is 4.79 Å². The molecule has 3 aromatic carbocycles. The van der Waals surface area contributed by atoms with Gasteiger partial charge in [-0.2, -0.15) is 0 Å². The van der Waals surface area contributed by atoms with Crippen molar-refractivity contribution in [3.63, 3.8) is 0 Å². The molecule has 7 rings (SSSR count). The topological polar surface area (TPSA) is 38.3 Å². The predicted octanol–water partition coefficient (Wildman–Crippen LogP) is 7.64. The summed E-state index contributed by atoms with van der Waals surface area (Å²) in [5.74, 6) is 3.39. The molecule has 3 nitrogen and oxygen atoms in total. The summed E-state index contributed by atoms with van der Waals surface area (Å²) < 4.78 is 5.82. The van der Waals surface area contributed by atoms with E-state index in [1.54, 1.807) is 12.1 Å². The zero-order chi connectivity index (χ0) is 23.1. The highest BCUT2D eigenvalue weighted by atomic mass is 35.5. The lowest BCUT2D eigenvalue weighted by atomic mass is 9.48. The molecular weight excluding hydrogens is 442 g/mol. The lowest BCUT2D eigenvalue weighted by molar-refractivity contribution is -0.00518. The van der Waals surface area contributed by atoms with Crippen molar-refractivity contribution >= 4 is 23.2 Å². The summed E-state index contributed by atoms with van der Waals surface area (Å²) in [5.41, 5.74) is 4.25. The Kier molecular flexibility index (Phi) is 5.61. The maximum Gasteiger partial charge on any atom is 0.255 e. The minimum absolute atomic E-state index is 0.111. The van der Waals surface area contributed by atoms with Crippen molar-refractivity contribution < 1.29 is 9.53 Å². The highest BCUT2D eigenvalue weighted by Crippen LogP contribution is 2.60. The second-order valence-electron chi connectivity index (χ2n) is 10.6. The molecule has 0 radical (unpaired) electrons. The van der Waals surface area contributed by atoms with Crippen molar-refractivity contribution in [3.05, 3.63) is 94.5 Å². The second-order valence-corrected chi connectivity index (χ2v) is 11.0. The number of halogens is 1. The molecule has 3 aromatic rings. The van der Waals surface area contributed by atoms with E-state index in [0.717, 1.165) is 29.0 Å². The number of carbonyl (C=O) groups is 1. The average Bonchev–Trinajstić information content (AvgIpc) is 2.83. The monoisotopic (exact) mass is 471 g/mol. The molecule has 174 valence electrons. The molecule has 0 aliphatic heterocycles. The van der Waals surface area contributed by atoms with Crippen molar-refractivity contribution in [2.24, 2.45) is 17.8 Å². The molecule has 4 aliphatic carbocycles. The number of carbonyl (C=O) groups excluding carboxylic acids is 1. The van der Waals surface area contributed by atoms with E-state index < -0.39 is 0 Å². The van der Waals surface area contributed by atoms with Crippen LogP contribution >= 0.6 is 11.6 Å². The lowest BCUT2D eigenvalue weighted by Crippen LogP contribution is -2.48. The zero-order valence-electron chi connectivity index (χ0n) is 19.3. The molecule has 4 saturated carbocycles. The number of hydrogen-bond donors (Lipinski definition) is 1. The van der Waals surface area contributed by atoms with Crippen LogP contribution in [0.2, 0.25) is 5.02 Å². The number of benzene rings is 3. The molecule has 4 fully saturated rings. The molecule has 4 bridgehead atoms. The third kappa shape index (κ3) is 4.22. The van der Waals surface area contributed by atoms with Gasteiger partial charge in [0.1, 0.15) is 12.4 Å². The van der Waals surface area contributed by atoms with Crippen LogP contribution in [-0.4, -0.2) is 5.91 Å². The Morgan fingerprint density at radius 1 is 0.853 bits per heavy atom. The quantitative estimate of drug-likeness (QED) is 0.401. The van der Waals surface area contributed by atoms with Crippen LogP contribution in [-0.2, 0) is 12.0 Å². The summed E-state index contributed by atoms with van der Waals surface area (Å²) >= 11 is 6.19. The van der Waals surface area contributed by atoms with Crippen LogP contribution in [0.5, 0.6) is 5.75 Å². The summed E-state index contributed by atoms with van der Waals surface area (Å²) in [6, 6.07) is 23.5. The van der Waals surface area contributed by atoms with Crippen LogP contribution in [0, 0.1) is 17.8 Å². The van der Waals surface area contributed by atoms with E-state index in [-0.39, 0.29) is 5.91 Å². The summed E-state index contributed by atoms with van der Waals surface area (Å²) in [7, 11) is 0. The zero-order valence-corrected chi connectivity index (χ0v) is 20.1. The molecule has 4 heteroatoms. The van der Waals surface area contributed by atoms with E-state index >= 15 is 0 Å². The largest absolute Gasteiger partial charge is 0.489 e. The van der Waals surface area contributed by atoms with Gasteiger partial charge in [-0.3, -0.25) is 4.79 Å². The first-order valence-corrected chi connectivity index (χ1v) is 12.8. The maximum absolute atomic E-state index is 12.8. The van der Waals surface area contributed by atoms with E-state index in [1.165, 1.54) is 44.1 Å². The second kappa shape index (κ2) is 8.78. The van der Waals surface area contributed by atoms with Gasteiger partial charge in [-0.05, 0) is 110 Å². The van der Waals surface area contributed by atoms with Gasteiger partial charge in [-0.15, -0.1) is 0 Å². The fourth-order valence-corrected chi connectivity index (χ4v) is 7.24. The first-order valence-electron chi connectivity index (χ1n) is 12.4. The Balaban J connectivity index is 1.08. The Morgan fingerprint density at radius 2 is 1.47 bits per heavy atom. The van der Waals surface area contributed by atoms with Gasteiger partial charge in [0.2, 0.25) is 0 Å². The van der Waals surface area contributed by atoms with Crippen LogP contribution < -0.4 is 10.1 Å². The molecule has 34 heavy (non-hydrogen) atoms. The maximum atomic E-state index is 12.8. The summed E-state index contributed by atoms with van der Waals surface area (Å²) in [4.78, 5) is 12.8. The third-order valence-corrected chi connectivity index (χ3v) is 8.63. The van der Waals surface area contributed by atoms with Gasteiger partial charge in [0.25, 0.3) is 5.91 Å². The average molecular weight is 472 g/mol. The molecule has 1 amide bonds. The van der Waals surface area contributed by atoms with E-state index in [0.29, 0.717) is 28.4 Å². The molecule has 0 atom stereocenters. The number of nitrogens with one attached hydrogen (secondary N) is 1. The lowest BCUT2D eigenvalue weighted by Gasteiger charge is -2.57. The van der Waals surface area contributed by atoms with Gasteiger partial charge < -0.3 is 10.1 Å². The van der Waals surface area contributed by atoms with E-state index in [1.807, 2.05) is 36.4 Å². The number of rotatable bonds is 6. The van der Waals surface area contributed by atoms with Gasteiger partial charge in [-0.25, -0.2) is 0 Å². The number of amides is 1. The summed E-state index contributed by atoms with van der Waals surface area (Å²) in [6.07, 6.45) is 8.44. The molecule has 0 spiro atoms. The smallest absolute Gasteiger partial charge is 0.255 e. The van der Waals surface area contributed by atoms with Crippen LogP contribution in [0.1, 0.15) is 60.0 Å². The van der Waals surface area contributed by atoms with Crippen molar-refractivity contribution in [2.75, 3.05) is 5.32 Å². The molecule has 1 N–H and O–H groups in total. The van der Waals surface area contributed by atoms with Crippen LogP contribution in [0.3, 0.4) is 0 Å². The Bertz CT molecular complexity index is 1150. The van der Waals surface area contributed by atoms with Gasteiger partial charge >= 0.3 is 0 Å². The SMILES string of the molecule is O=C(Nc1ccc(C23CC4CC(CC(C4)C2)C3)cc1)c1ccc(OCc2ccccc2Cl)cc1. The molecule has 4 aliphatic rings. The van der Waals surface area contributed by atoms with Crippen LogP contribution in [0.4, 0.5) is 5.69 Å². The number of hydrogen-bond acceptors (Lipinski definition) is 2. The normalized spacial score (nSPS) is 26.9. The van der Waals surface area contributed by atoms with Gasteiger partial charge in [0.05, 0.1) is 0 Å². The minimum Gasteiger partial charge on any atom is -0.489 e. The van der Waals surface area contributed by atoms with Gasteiger partial charge in [-0.1, -0.05) is 41.9 Å². The summed E-state index contributed by atoms with van der Waals surface area (Å²) in [6.45, 7) is 0.390. The summed E-state index contributed by atoms with van der Waals surface area (Å²) in [5, 5.41) is 3.73. The highest BCUT2D eigenvalue weighted by Gasteiger charge is 2.51. The van der Waals surface area contributed by atoms with Crippen molar-refractivity contribution in [1.82, 2.24) is 0 Å². The van der Waals surface area contributed by atoms with Crippen LogP contribution in [0.25, 0.3) is 0 Å². The fourth-order valence-electron chi connectivity index (χ4n) is 7.05. The Labute approximate surface area is 206 Å². The predicted molar refractivity (Wildman–Crippen MR) is 136 cm³/mol. The van der Waals surface area contributed by atoms with Crippen molar-refractivity contribution in [1.29, 1.82) is 0 Å². The number of anilines is 1. The number of ether oxygens (including phenoxy) is 1. The van der Waals surface area contributed by atoms with Crippen LogP contribution in [0.15, 0.2) is 72.8 Å². The fraction of sp³-hybridized carbons (Fsp3) is 0.367. The van der Waals surface area contributed by atoms with Gasteiger partial charge in [0, 0.05) is 21.8 Å². The first-order chi connectivity index (χ1) is 16.6. The minimum atomic E-state index is -0.111. The molecule has 0 unspecified atom stereocenters.